The van der Waals surface area contributed by atoms with Crippen molar-refractivity contribution in [3.63, 3.8) is 0 Å². The van der Waals surface area contributed by atoms with Crippen molar-refractivity contribution in [1.29, 1.82) is 0 Å². The molecule has 0 unspecified atom stereocenters. The number of hydrogen-bond donors (Lipinski definition) is 1. The van der Waals surface area contributed by atoms with E-state index in [1.165, 1.54) is 11.1 Å². The standard InChI is InChI=1S/C18H26N2O2/c1-22-14-16-5-2-4-15(12-16)13-20-11-3-6-18(17(20)21)7-9-19-10-8-18/h2,4-5,12,19H,3,6-11,13-14H2,1H3. The van der Waals surface area contributed by atoms with Gasteiger partial charge in [-0.15, -0.1) is 0 Å². The highest BCUT2D eigenvalue weighted by Crippen LogP contribution is 2.39. The van der Waals surface area contributed by atoms with Gasteiger partial charge in [0, 0.05) is 20.2 Å². The van der Waals surface area contributed by atoms with E-state index in [9.17, 15) is 4.79 Å². The van der Waals surface area contributed by atoms with E-state index in [1.54, 1.807) is 7.11 Å². The second kappa shape index (κ2) is 6.80. The Kier molecular flexibility index (Phi) is 4.79. The summed E-state index contributed by atoms with van der Waals surface area (Å²) in [6.07, 6.45) is 4.18. The fraction of sp³-hybridized carbons (Fsp3) is 0.611. The molecule has 1 N–H and O–H groups in total. The molecule has 4 nitrogen and oxygen atoms in total. The Balaban J connectivity index is 1.71. The number of piperidine rings is 2. The highest BCUT2D eigenvalue weighted by Gasteiger charge is 2.44. The number of methoxy groups -OCH3 is 1. The number of ether oxygens (including phenoxy) is 1. The van der Waals surface area contributed by atoms with E-state index in [-0.39, 0.29) is 5.41 Å². The van der Waals surface area contributed by atoms with Crippen LogP contribution in [0.15, 0.2) is 24.3 Å². The van der Waals surface area contributed by atoms with Crippen molar-refractivity contribution in [3.8, 4) is 0 Å². The van der Waals surface area contributed by atoms with Gasteiger partial charge in [0.25, 0.3) is 0 Å². The number of benzene rings is 1. The molecule has 0 aromatic heterocycles. The first kappa shape index (κ1) is 15.5. The molecule has 2 aliphatic heterocycles. The maximum Gasteiger partial charge on any atom is 0.229 e. The van der Waals surface area contributed by atoms with Crippen LogP contribution in [0.5, 0.6) is 0 Å². The van der Waals surface area contributed by atoms with Gasteiger partial charge in [-0.1, -0.05) is 24.3 Å². The zero-order valence-corrected chi connectivity index (χ0v) is 13.4. The normalized spacial score (nSPS) is 21.3. The van der Waals surface area contributed by atoms with Crippen molar-refractivity contribution in [2.45, 2.75) is 38.8 Å². The van der Waals surface area contributed by atoms with Gasteiger partial charge in [0.1, 0.15) is 0 Å². The van der Waals surface area contributed by atoms with Crippen LogP contribution in [0.2, 0.25) is 0 Å². The van der Waals surface area contributed by atoms with Gasteiger partial charge in [-0.05, 0) is 49.9 Å². The lowest BCUT2D eigenvalue weighted by atomic mass is 9.72. The summed E-state index contributed by atoms with van der Waals surface area (Å²) in [4.78, 5) is 15.1. The zero-order valence-electron chi connectivity index (χ0n) is 13.4. The Morgan fingerprint density at radius 3 is 2.77 bits per heavy atom. The maximum absolute atomic E-state index is 13.0. The Labute approximate surface area is 132 Å². The SMILES string of the molecule is COCc1cccc(CN2CCCC3(CCNCC3)C2=O)c1. The minimum absolute atomic E-state index is 0.0896. The monoisotopic (exact) mass is 302 g/mol. The van der Waals surface area contributed by atoms with Crippen molar-refractivity contribution in [1.82, 2.24) is 10.2 Å². The fourth-order valence-electron chi connectivity index (χ4n) is 3.88. The van der Waals surface area contributed by atoms with Crippen LogP contribution >= 0.6 is 0 Å². The predicted octanol–water partition coefficient (Wildman–Crippen LogP) is 2.33. The lowest BCUT2D eigenvalue weighted by Gasteiger charge is -2.44. The van der Waals surface area contributed by atoms with Crippen LogP contribution in [0.1, 0.15) is 36.8 Å². The fourth-order valence-corrected chi connectivity index (χ4v) is 3.88. The second-order valence-electron chi connectivity index (χ2n) is 6.61. The van der Waals surface area contributed by atoms with Gasteiger partial charge in [0.05, 0.1) is 12.0 Å². The van der Waals surface area contributed by atoms with E-state index in [2.05, 4.69) is 34.5 Å². The van der Waals surface area contributed by atoms with Crippen LogP contribution in [-0.4, -0.2) is 37.6 Å². The van der Waals surface area contributed by atoms with Crippen LogP contribution in [0.3, 0.4) is 0 Å². The van der Waals surface area contributed by atoms with E-state index in [0.29, 0.717) is 12.5 Å². The van der Waals surface area contributed by atoms with Gasteiger partial charge in [-0.3, -0.25) is 4.79 Å². The number of amides is 1. The lowest BCUT2D eigenvalue weighted by Crippen LogP contribution is -2.52. The molecule has 1 spiro atoms. The molecule has 120 valence electrons. The topological polar surface area (TPSA) is 41.6 Å². The zero-order chi connectivity index (χ0) is 15.4. The number of carbonyl (C=O) groups is 1. The molecular formula is C18H26N2O2. The van der Waals surface area contributed by atoms with E-state index < -0.39 is 0 Å². The van der Waals surface area contributed by atoms with Gasteiger partial charge in [-0.25, -0.2) is 0 Å². The van der Waals surface area contributed by atoms with Crippen LogP contribution in [0.4, 0.5) is 0 Å². The summed E-state index contributed by atoms with van der Waals surface area (Å²) in [6, 6.07) is 8.38. The first-order valence-corrected chi connectivity index (χ1v) is 8.30. The van der Waals surface area contributed by atoms with Crippen LogP contribution in [0.25, 0.3) is 0 Å². The molecule has 0 saturated carbocycles. The highest BCUT2D eigenvalue weighted by atomic mass is 16.5. The minimum Gasteiger partial charge on any atom is -0.380 e. The van der Waals surface area contributed by atoms with Crippen molar-refractivity contribution in [2.75, 3.05) is 26.7 Å². The smallest absolute Gasteiger partial charge is 0.229 e. The summed E-state index contributed by atoms with van der Waals surface area (Å²) in [5, 5.41) is 3.38. The molecule has 1 aromatic carbocycles. The number of rotatable bonds is 4. The summed E-state index contributed by atoms with van der Waals surface area (Å²) in [7, 11) is 1.71. The molecule has 2 saturated heterocycles. The van der Waals surface area contributed by atoms with E-state index in [1.807, 2.05) is 0 Å². The first-order valence-electron chi connectivity index (χ1n) is 8.30. The molecule has 2 fully saturated rings. The molecule has 0 atom stereocenters. The molecule has 2 heterocycles. The Hall–Kier alpha value is -1.39. The predicted molar refractivity (Wildman–Crippen MR) is 86.3 cm³/mol. The number of nitrogens with zero attached hydrogens (tertiary/aromatic N) is 1. The first-order chi connectivity index (χ1) is 10.7. The third-order valence-corrected chi connectivity index (χ3v) is 5.06. The van der Waals surface area contributed by atoms with Crippen molar-refractivity contribution in [3.05, 3.63) is 35.4 Å². The van der Waals surface area contributed by atoms with Crippen LogP contribution in [-0.2, 0) is 22.7 Å². The number of hydrogen-bond acceptors (Lipinski definition) is 3. The Morgan fingerprint density at radius 2 is 2.00 bits per heavy atom. The maximum atomic E-state index is 13.0. The van der Waals surface area contributed by atoms with Gasteiger partial charge >= 0.3 is 0 Å². The number of likely N-dealkylation sites (tertiary alicyclic amines) is 1. The van der Waals surface area contributed by atoms with Gasteiger partial charge in [-0.2, -0.15) is 0 Å². The van der Waals surface area contributed by atoms with E-state index in [0.717, 1.165) is 51.9 Å². The van der Waals surface area contributed by atoms with Gasteiger partial charge < -0.3 is 15.0 Å². The van der Waals surface area contributed by atoms with Crippen LogP contribution in [0, 0.1) is 5.41 Å². The number of nitrogens with one attached hydrogen (secondary N) is 1. The number of carbonyl (C=O) groups excluding carboxylic acids is 1. The molecule has 4 heteroatoms. The van der Waals surface area contributed by atoms with Crippen molar-refractivity contribution >= 4 is 5.91 Å². The molecule has 0 radical (unpaired) electrons. The molecule has 2 aliphatic rings. The molecule has 22 heavy (non-hydrogen) atoms. The van der Waals surface area contributed by atoms with E-state index >= 15 is 0 Å². The summed E-state index contributed by atoms with van der Waals surface area (Å²) in [5.41, 5.74) is 2.28. The summed E-state index contributed by atoms with van der Waals surface area (Å²) in [5.74, 6) is 0.373. The molecule has 0 bridgehead atoms. The van der Waals surface area contributed by atoms with Crippen LogP contribution < -0.4 is 5.32 Å². The minimum atomic E-state index is -0.0896. The third-order valence-electron chi connectivity index (χ3n) is 5.06. The summed E-state index contributed by atoms with van der Waals surface area (Å²) in [6.45, 7) is 4.19. The highest BCUT2D eigenvalue weighted by molar-refractivity contribution is 5.83. The lowest BCUT2D eigenvalue weighted by molar-refractivity contribution is -0.149. The van der Waals surface area contributed by atoms with Crippen molar-refractivity contribution in [2.24, 2.45) is 5.41 Å². The Bertz CT molecular complexity index is 518. The quantitative estimate of drug-likeness (QED) is 0.928. The van der Waals surface area contributed by atoms with Gasteiger partial charge in [0.2, 0.25) is 5.91 Å². The average molecular weight is 302 g/mol. The second-order valence-corrected chi connectivity index (χ2v) is 6.61. The third kappa shape index (κ3) is 3.18. The van der Waals surface area contributed by atoms with Gasteiger partial charge in [0.15, 0.2) is 0 Å². The summed E-state index contributed by atoms with van der Waals surface area (Å²) < 4.78 is 5.20. The Morgan fingerprint density at radius 1 is 1.23 bits per heavy atom. The average Bonchev–Trinajstić information content (AvgIpc) is 2.54. The molecule has 1 amide bonds. The van der Waals surface area contributed by atoms with E-state index in [4.69, 9.17) is 4.74 Å². The summed E-state index contributed by atoms with van der Waals surface area (Å²) >= 11 is 0. The molecular weight excluding hydrogens is 276 g/mol. The van der Waals surface area contributed by atoms with Crippen molar-refractivity contribution < 1.29 is 9.53 Å². The molecule has 0 aliphatic carbocycles. The molecule has 1 aromatic rings. The largest absolute Gasteiger partial charge is 0.380 e. The molecule has 3 rings (SSSR count).